The molecule has 0 amide bonds. The molecule has 0 radical (unpaired) electrons. The fraction of sp³-hybridized carbons (Fsp3) is 0.167. The number of Topliss-reactive ketones (excluding diaryl/α,β-unsaturated/α-hetero) is 1. The van der Waals surface area contributed by atoms with Gasteiger partial charge in [-0.2, -0.15) is 0 Å². The van der Waals surface area contributed by atoms with E-state index in [1.54, 1.807) is 0 Å². The fourth-order valence-electron chi connectivity index (χ4n) is 1.49. The predicted molar refractivity (Wildman–Crippen MR) is 56.7 cm³/mol. The first-order valence-electron chi connectivity index (χ1n) is 4.70. The van der Waals surface area contributed by atoms with Crippen molar-refractivity contribution in [3.63, 3.8) is 0 Å². The largest absolute Gasteiger partial charge is 0.440 e. The number of carbonyl (C=O) groups excluding carboxylic acids is 1. The van der Waals surface area contributed by atoms with E-state index < -0.39 is 0 Å². The molecule has 1 aromatic heterocycles. The van der Waals surface area contributed by atoms with Crippen molar-refractivity contribution in [1.29, 1.82) is 0 Å². The van der Waals surface area contributed by atoms with Crippen molar-refractivity contribution < 1.29 is 9.21 Å². The summed E-state index contributed by atoms with van der Waals surface area (Å²) < 4.78 is 5.06. The number of aromatic nitrogens is 1. The Balaban J connectivity index is 2.54. The van der Waals surface area contributed by atoms with Gasteiger partial charge in [-0.25, -0.2) is 4.98 Å². The number of hydrogen-bond donors (Lipinski definition) is 0. The van der Waals surface area contributed by atoms with E-state index in [1.807, 2.05) is 31.2 Å². The monoisotopic (exact) mass is 201 g/mol. The summed E-state index contributed by atoms with van der Waals surface area (Å²) >= 11 is 0. The highest BCUT2D eigenvalue weighted by molar-refractivity contribution is 5.96. The molecule has 0 aliphatic heterocycles. The molecule has 0 saturated carbocycles. The molecule has 3 heteroatoms. The average Bonchev–Trinajstić information content (AvgIpc) is 2.65. The van der Waals surface area contributed by atoms with E-state index in [0.717, 1.165) is 11.1 Å². The minimum Gasteiger partial charge on any atom is -0.440 e. The molecular weight excluding hydrogens is 190 g/mol. The summed E-state index contributed by atoms with van der Waals surface area (Å²) in [5.74, 6) is 0.213. The molecule has 0 aliphatic rings. The quantitative estimate of drug-likeness (QED) is 0.701. The van der Waals surface area contributed by atoms with Crippen LogP contribution in [0.1, 0.15) is 23.0 Å². The maximum Gasteiger partial charge on any atom is 0.197 e. The molecule has 0 saturated heterocycles. The smallest absolute Gasteiger partial charge is 0.197 e. The molecule has 0 spiro atoms. The Morgan fingerprint density at radius 2 is 2.20 bits per heavy atom. The van der Waals surface area contributed by atoms with Gasteiger partial charge >= 0.3 is 0 Å². The molecule has 0 fully saturated rings. The minimum atomic E-state index is -0.107. The molecule has 0 atom stereocenters. The maximum atomic E-state index is 11.3. The first-order chi connectivity index (χ1) is 7.18. The zero-order chi connectivity index (χ0) is 10.8. The van der Waals surface area contributed by atoms with Crippen LogP contribution >= 0.6 is 0 Å². The van der Waals surface area contributed by atoms with Crippen molar-refractivity contribution >= 4 is 5.78 Å². The summed E-state index contributed by atoms with van der Waals surface area (Å²) in [4.78, 5) is 15.3. The van der Waals surface area contributed by atoms with E-state index >= 15 is 0 Å². The lowest BCUT2D eigenvalue weighted by molar-refractivity contribution is 0.0988. The van der Waals surface area contributed by atoms with Gasteiger partial charge in [-0.1, -0.05) is 23.8 Å². The highest BCUT2D eigenvalue weighted by Crippen LogP contribution is 2.23. The van der Waals surface area contributed by atoms with Crippen molar-refractivity contribution in [3.8, 4) is 11.3 Å². The van der Waals surface area contributed by atoms with Crippen molar-refractivity contribution in [2.75, 3.05) is 0 Å². The van der Waals surface area contributed by atoms with Gasteiger partial charge in [-0.15, -0.1) is 0 Å². The molecule has 2 rings (SSSR count). The van der Waals surface area contributed by atoms with E-state index in [0.29, 0.717) is 11.5 Å². The van der Waals surface area contributed by atoms with Crippen molar-refractivity contribution in [2.24, 2.45) is 0 Å². The van der Waals surface area contributed by atoms with Gasteiger partial charge in [0.25, 0.3) is 0 Å². The zero-order valence-electron chi connectivity index (χ0n) is 8.65. The van der Waals surface area contributed by atoms with E-state index in [-0.39, 0.29) is 5.78 Å². The number of hydrogen-bond acceptors (Lipinski definition) is 3. The second kappa shape index (κ2) is 3.69. The van der Waals surface area contributed by atoms with Crippen LogP contribution < -0.4 is 0 Å². The lowest BCUT2D eigenvalue weighted by Gasteiger charge is -1.99. The summed E-state index contributed by atoms with van der Waals surface area (Å²) in [5.41, 5.74) is 2.66. The Hall–Kier alpha value is -1.90. The number of oxazole rings is 1. The number of carbonyl (C=O) groups is 1. The van der Waals surface area contributed by atoms with Crippen LogP contribution in [0.3, 0.4) is 0 Å². The van der Waals surface area contributed by atoms with Crippen LogP contribution in [0.25, 0.3) is 11.3 Å². The van der Waals surface area contributed by atoms with Gasteiger partial charge in [0.2, 0.25) is 0 Å². The third-order valence-electron chi connectivity index (χ3n) is 2.18. The summed E-state index contributed by atoms with van der Waals surface area (Å²) in [6.45, 7) is 3.47. The van der Waals surface area contributed by atoms with E-state index in [2.05, 4.69) is 4.98 Å². The van der Waals surface area contributed by atoms with Crippen LogP contribution in [0.5, 0.6) is 0 Å². The Labute approximate surface area is 87.8 Å². The summed E-state index contributed by atoms with van der Waals surface area (Å²) in [7, 11) is 0. The molecule has 0 bridgehead atoms. The van der Waals surface area contributed by atoms with Crippen LogP contribution in [-0.4, -0.2) is 10.8 Å². The van der Waals surface area contributed by atoms with Gasteiger partial charge < -0.3 is 4.42 Å². The number of ketones is 1. The highest BCUT2D eigenvalue weighted by atomic mass is 16.3. The number of nitrogens with zero attached hydrogens (tertiary/aromatic N) is 1. The molecule has 0 N–H and O–H groups in total. The Kier molecular flexibility index (Phi) is 2.37. The second-order valence-electron chi connectivity index (χ2n) is 3.46. The normalized spacial score (nSPS) is 10.3. The van der Waals surface area contributed by atoms with Crippen LogP contribution in [0.4, 0.5) is 0 Å². The Bertz CT molecular complexity index is 500. The van der Waals surface area contributed by atoms with Crippen LogP contribution in [0.15, 0.2) is 35.1 Å². The third-order valence-corrected chi connectivity index (χ3v) is 2.18. The van der Waals surface area contributed by atoms with E-state index in [4.69, 9.17) is 4.42 Å². The summed E-state index contributed by atoms with van der Waals surface area (Å²) in [6, 6.07) is 7.82. The molecule has 0 aliphatic carbocycles. The summed E-state index contributed by atoms with van der Waals surface area (Å²) in [6.07, 6.45) is 1.30. The SMILES string of the molecule is CC(=O)c1ocnc1-c1cccc(C)c1. The lowest BCUT2D eigenvalue weighted by atomic mass is 10.1. The third kappa shape index (κ3) is 1.81. The fourth-order valence-corrected chi connectivity index (χ4v) is 1.49. The Morgan fingerprint density at radius 1 is 1.40 bits per heavy atom. The van der Waals surface area contributed by atoms with Gasteiger partial charge in [0.1, 0.15) is 5.69 Å². The Morgan fingerprint density at radius 3 is 2.87 bits per heavy atom. The summed E-state index contributed by atoms with van der Waals surface area (Å²) in [5, 5.41) is 0. The second-order valence-corrected chi connectivity index (χ2v) is 3.46. The number of benzene rings is 1. The van der Waals surface area contributed by atoms with Crippen LogP contribution in [0.2, 0.25) is 0 Å². The molecule has 0 unspecified atom stereocenters. The molecule has 3 nitrogen and oxygen atoms in total. The first-order valence-corrected chi connectivity index (χ1v) is 4.70. The predicted octanol–water partition coefficient (Wildman–Crippen LogP) is 2.85. The molecule has 2 aromatic rings. The van der Waals surface area contributed by atoms with E-state index in [1.165, 1.54) is 13.3 Å². The zero-order valence-corrected chi connectivity index (χ0v) is 8.65. The van der Waals surface area contributed by atoms with Crippen molar-refractivity contribution in [1.82, 2.24) is 4.98 Å². The van der Waals surface area contributed by atoms with Gasteiger partial charge in [0.05, 0.1) is 0 Å². The van der Waals surface area contributed by atoms with Gasteiger partial charge in [-0.3, -0.25) is 4.79 Å². The molecule has 76 valence electrons. The van der Waals surface area contributed by atoms with Gasteiger partial charge in [0.15, 0.2) is 17.9 Å². The van der Waals surface area contributed by atoms with E-state index in [9.17, 15) is 4.79 Å². The number of aryl methyl sites for hydroxylation is 1. The first kappa shape index (κ1) is 9.65. The van der Waals surface area contributed by atoms with Crippen molar-refractivity contribution in [2.45, 2.75) is 13.8 Å². The lowest BCUT2D eigenvalue weighted by Crippen LogP contribution is -1.93. The number of rotatable bonds is 2. The van der Waals surface area contributed by atoms with Gasteiger partial charge in [0, 0.05) is 12.5 Å². The maximum absolute atomic E-state index is 11.3. The minimum absolute atomic E-state index is 0.107. The topological polar surface area (TPSA) is 43.1 Å². The van der Waals surface area contributed by atoms with Crippen LogP contribution in [-0.2, 0) is 0 Å². The molecular formula is C12H11NO2. The van der Waals surface area contributed by atoms with Gasteiger partial charge in [-0.05, 0) is 13.0 Å². The average molecular weight is 201 g/mol. The molecule has 1 heterocycles. The standard InChI is InChI=1S/C12H11NO2/c1-8-4-3-5-10(6-8)11-12(9(2)14)15-7-13-11/h3-7H,1-2H3. The molecule has 1 aromatic carbocycles. The van der Waals surface area contributed by atoms with Crippen LogP contribution in [0, 0.1) is 6.92 Å². The molecule has 15 heavy (non-hydrogen) atoms. The highest BCUT2D eigenvalue weighted by Gasteiger charge is 2.14. The van der Waals surface area contributed by atoms with Crippen molar-refractivity contribution in [3.05, 3.63) is 42.0 Å².